The quantitative estimate of drug-likeness (QED) is 0.876. The Morgan fingerprint density at radius 2 is 1.95 bits per heavy atom. The van der Waals surface area contributed by atoms with Gasteiger partial charge in [0.1, 0.15) is 5.15 Å². The number of amides is 1. The summed E-state index contributed by atoms with van der Waals surface area (Å²) in [6.07, 6.45) is 2.01. The lowest BCUT2D eigenvalue weighted by molar-refractivity contribution is 0.102. The summed E-state index contributed by atoms with van der Waals surface area (Å²) in [5.74, 6) is -0.262. The molecule has 0 aliphatic carbocycles. The van der Waals surface area contributed by atoms with Crippen LogP contribution in [0.3, 0.4) is 0 Å². The summed E-state index contributed by atoms with van der Waals surface area (Å²) in [5.41, 5.74) is 1.71. The molecular formula is C15H17Cl2N3O. The van der Waals surface area contributed by atoms with E-state index in [4.69, 9.17) is 23.2 Å². The van der Waals surface area contributed by atoms with Crippen LogP contribution in [-0.4, -0.2) is 15.7 Å². The zero-order valence-corrected chi connectivity index (χ0v) is 13.5. The molecule has 0 atom stereocenters. The van der Waals surface area contributed by atoms with E-state index < -0.39 is 0 Å². The van der Waals surface area contributed by atoms with Gasteiger partial charge in [0.2, 0.25) is 0 Å². The van der Waals surface area contributed by atoms with Crippen molar-refractivity contribution in [1.29, 1.82) is 0 Å². The van der Waals surface area contributed by atoms with E-state index >= 15 is 0 Å². The van der Waals surface area contributed by atoms with E-state index in [2.05, 4.69) is 17.3 Å². The molecule has 0 aliphatic heterocycles. The molecule has 0 bridgehead atoms. The van der Waals surface area contributed by atoms with Gasteiger partial charge in [-0.05, 0) is 37.6 Å². The minimum absolute atomic E-state index is 0.262. The van der Waals surface area contributed by atoms with Crippen LogP contribution in [0.2, 0.25) is 10.2 Å². The van der Waals surface area contributed by atoms with E-state index in [0.717, 1.165) is 12.8 Å². The number of carbonyl (C=O) groups excluding carboxylic acids is 1. The van der Waals surface area contributed by atoms with Crippen molar-refractivity contribution in [2.45, 2.75) is 33.2 Å². The fraction of sp³-hybridized carbons (Fsp3) is 0.333. The number of hydrogen-bond acceptors (Lipinski definition) is 2. The molecule has 0 spiro atoms. The van der Waals surface area contributed by atoms with Gasteiger partial charge in [-0.25, -0.2) is 0 Å². The fourth-order valence-electron chi connectivity index (χ4n) is 1.99. The number of aromatic nitrogens is 2. The van der Waals surface area contributed by atoms with Crippen molar-refractivity contribution in [2.75, 3.05) is 5.32 Å². The van der Waals surface area contributed by atoms with E-state index in [0.29, 0.717) is 33.7 Å². The maximum Gasteiger partial charge on any atom is 0.260 e. The zero-order valence-electron chi connectivity index (χ0n) is 12.0. The lowest BCUT2D eigenvalue weighted by Crippen LogP contribution is -2.13. The summed E-state index contributed by atoms with van der Waals surface area (Å²) in [6.45, 7) is 4.59. The molecular weight excluding hydrogens is 309 g/mol. The first-order valence-electron chi connectivity index (χ1n) is 6.82. The number of anilines is 1. The number of halogens is 2. The molecule has 1 amide bonds. The van der Waals surface area contributed by atoms with Gasteiger partial charge in [-0.15, -0.1) is 0 Å². The van der Waals surface area contributed by atoms with E-state index in [1.54, 1.807) is 35.9 Å². The van der Waals surface area contributed by atoms with Gasteiger partial charge in [0.15, 0.2) is 0 Å². The van der Waals surface area contributed by atoms with Gasteiger partial charge < -0.3 is 5.32 Å². The average molecular weight is 326 g/mol. The van der Waals surface area contributed by atoms with Crippen LogP contribution in [0.25, 0.3) is 0 Å². The van der Waals surface area contributed by atoms with Crippen molar-refractivity contribution >= 4 is 34.8 Å². The molecule has 0 fully saturated rings. The molecule has 21 heavy (non-hydrogen) atoms. The summed E-state index contributed by atoms with van der Waals surface area (Å²) < 4.78 is 1.68. The van der Waals surface area contributed by atoms with E-state index in [-0.39, 0.29) is 5.91 Å². The van der Waals surface area contributed by atoms with Gasteiger partial charge in [-0.2, -0.15) is 5.10 Å². The van der Waals surface area contributed by atoms with Crippen molar-refractivity contribution in [3.05, 3.63) is 45.7 Å². The van der Waals surface area contributed by atoms with Crippen LogP contribution in [0.5, 0.6) is 0 Å². The fourth-order valence-corrected chi connectivity index (χ4v) is 2.47. The molecule has 0 radical (unpaired) electrons. The Labute approximate surface area is 134 Å². The number of rotatable bonds is 5. The zero-order chi connectivity index (χ0) is 15.4. The summed E-state index contributed by atoms with van der Waals surface area (Å²) in [6, 6.07) is 6.92. The third-order valence-electron chi connectivity index (χ3n) is 3.12. The highest BCUT2D eigenvalue weighted by Gasteiger charge is 2.20. The first kappa shape index (κ1) is 15.9. The smallest absolute Gasteiger partial charge is 0.260 e. The number of benzene rings is 1. The van der Waals surface area contributed by atoms with E-state index in [1.165, 1.54) is 0 Å². The molecule has 112 valence electrons. The van der Waals surface area contributed by atoms with Gasteiger partial charge in [0, 0.05) is 17.3 Å². The molecule has 0 saturated carbocycles. The highest BCUT2D eigenvalue weighted by atomic mass is 35.5. The predicted octanol–water partition coefficient (Wildman–Crippen LogP) is 4.55. The average Bonchev–Trinajstić information content (AvgIpc) is 2.73. The Kier molecular flexibility index (Phi) is 5.26. The molecule has 1 aromatic heterocycles. The van der Waals surface area contributed by atoms with Crippen LogP contribution in [0.1, 0.15) is 35.8 Å². The SMILES string of the molecule is CCCCn1nc(C)c(C(=O)Nc2ccc(Cl)cc2)c1Cl. The monoisotopic (exact) mass is 325 g/mol. The van der Waals surface area contributed by atoms with Gasteiger partial charge in [-0.1, -0.05) is 36.5 Å². The molecule has 2 aromatic rings. The number of aryl methyl sites for hydroxylation is 2. The number of carbonyl (C=O) groups is 1. The first-order chi connectivity index (χ1) is 10.0. The molecule has 6 heteroatoms. The summed E-state index contributed by atoms with van der Waals surface area (Å²) in [7, 11) is 0. The van der Waals surface area contributed by atoms with Crippen LogP contribution in [-0.2, 0) is 6.54 Å². The van der Waals surface area contributed by atoms with Crippen molar-refractivity contribution in [2.24, 2.45) is 0 Å². The predicted molar refractivity (Wildman–Crippen MR) is 86.3 cm³/mol. The maximum atomic E-state index is 12.3. The number of nitrogens with zero attached hydrogens (tertiary/aromatic N) is 2. The standard InChI is InChI=1S/C15H17Cl2N3O/c1-3-4-9-20-14(17)13(10(2)19-20)15(21)18-12-7-5-11(16)6-8-12/h5-8H,3-4,9H2,1-2H3,(H,18,21). The Balaban J connectivity index is 2.19. The lowest BCUT2D eigenvalue weighted by Gasteiger charge is -2.05. The Bertz CT molecular complexity index is 635. The molecule has 0 unspecified atom stereocenters. The normalized spacial score (nSPS) is 10.7. The third kappa shape index (κ3) is 3.77. The van der Waals surface area contributed by atoms with Crippen molar-refractivity contribution in [3.63, 3.8) is 0 Å². The second-order valence-electron chi connectivity index (χ2n) is 4.79. The highest BCUT2D eigenvalue weighted by Crippen LogP contribution is 2.22. The van der Waals surface area contributed by atoms with Gasteiger partial charge in [-0.3, -0.25) is 9.48 Å². The van der Waals surface area contributed by atoms with Crippen LogP contribution < -0.4 is 5.32 Å². The number of unbranched alkanes of at least 4 members (excludes halogenated alkanes) is 1. The summed E-state index contributed by atoms with van der Waals surface area (Å²) >= 11 is 12.1. The Hall–Kier alpha value is -1.52. The minimum Gasteiger partial charge on any atom is -0.322 e. The first-order valence-corrected chi connectivity index (χ1v) is 7.58. The Morgan fingerprint density at radius 1 is 1.29 bits per heavy atom. The molecule has 2 rings (SSSR count). The van der Waals surface area contributed by atoms with Crippen LogP contribution in [0.4, 0.5) is 5.69 Å². The molecule has 1 N–H and O–H groups in total. The molecule has 4 nitrogen and oxygen atoms in total. The summed E-state index contributed by atoms with van der Waals surface area (Å²) in [4.78, 5) is 12.3. The van der Waals surface area contributed by atoms with Crippen LogP contribution in [0, 0.1) is 6.92 Å². The molecule has 1 heterocycles. The number of nitrogens with one attached hydrogen (secondary N) is 1. The van der Waals surface area contributed by atoms with Gasteiger partial charge >= 0.3 is 0 Å². The van der Waals surface area contributed by atoms with Crippen molar-refractivity contribution < 1.29 is 4.79 Å². The van der Waals surface area contributed by atoms with Crippen LogP contribution >= 0.6 is 23.2 Å². The molecule has 0 aliphatic rings. The topological polar surface area (TPSA) is 46.9 Å². The lowest BCUT2D eigenvalue weighted by atomic mass is 10.2. The molecule has 1 aromatic carbocycles. The van der Waals surface area contributed by atoms with Gasteiger partial charge in [0.25, 0.3) is 5.91 Å². The molecule has 0 saturated heterocycles. The van der Waals surface area contributed by atoms with Crippen molar-refractivity contribution in [3.8, 4) is 0 Å². The largest absolute Gasteiger partial charge is 0.322 e. The number of hydrogen-bond donors (Lipinski definition) is 1. The second-order valence-corrected chi connectivity index (χ2v) is 5.58. The third-order valence-corrected chi connectivity index (χ3v) is 3.75. The second kappa shape index (κ2) is 6.96. The van der Waals surface area contributed by atoms with E-state index in [1.807, 2.05) is 0 Å². The van der Waals surface area contributed by atoms with Crippen molar-refractivity contribution in [1.82, 2.24) is 9.78 Å². The Morgan fingerprint density at radius 3 is 2.57 bits per heavy atom. The summed E-state index contributed by atoms with van der Waals surface area (Å²) in [5, 5.41) is 8.13. The maximum absolute atomic E-state index is 12.3. The van der Waals surface area contributed by atoms with E-state index in [9.17, 15) is 4.79 Å². The van der Waals surface area contributed by atoms with Gasteiger partial charge in [0.05, 0.1) is 11.3 Å². The minimum atomic E-state index is -0.262. The van der Waals surface area contributed by atoms with Crippen LogP contribution in [0.15, 0.2) is 24.3 Å². The highest BCUT2D eigenvalue weighted by molar-refractivity contribution is 6.33.